The number of hydrogen-bond acceptors (Lipinski definition) is 5. The minimum atomic E-state index is -1.17. The van der Waals surface area contributed by atoms with E-state index in [0.29, 0.717) is 0 Å². The molecular formula is C11H19N3O5. The normalized spacial score (nSPS) is 25.8. The van der Waals surface area contributed by atoms with Gasteiger partial charge in [0.2, 0.25) is 11.8 Å². The van der Waals surface area contributed by atoms with Crippen LogP contribution in [0.2, 0.25) is 0 Å². The van der Waals surface area contributed by atoms with E-state index in [1.165, 1.54) is 18.7 Å². The van der Waals surface area contributed by atoms with Gasteiger partial charge in [-0.3, -0.25) is 14.4 Å². The van der Waals surface area contributed by atoms with Crippen LogP contribution in [-0.4, -0.2) is 63.7 Å². The van der Waals surface area contributed by atoms with Gasteiger partial charge in [0.25, 0.3) is 0 Å². The van der Waals surface area contributed by atoms with Gasteiger partial charge in [0.1, 0.15) is 12.1 Å². The first kappa shape index (κ1) is 15.4. The summed E-state index contributed by atoms with van der Waals surface area (Å²) in [6.45, 7) is 2.84. The molecule has 1 saturated heterocycles. The summed E-state index contributed by atoms with van der Waals surface area (Å²) in [4.78, 5) is 35.6. The quantitative estimate of drug-likeness (QED) is 0.463. The van der Waals surface area contributed by atoms with Crippen molar-refractivity contribution < 1.29 is 24.6 Å². The van der Waals surface area contributed by atoms with E-state index >= 15 is 0 Å². The number of aliphatic hydroxyl groups is 1. The Bertz CT molecular complexity index is 385. The van der Waals surface area contributed by atoms with E-state index in [1.54, 1.807) is 0 Å². The van der Waals surface area contributed by atoms with Gasteiger partial charge in [-0.25, -0.2) is 0 Å². The Labute approximate surface area is 110 Å². The monoisotopic (exact) mass is 273 g/mol. The number of likely N-dealkylation sites (tertiary alicyclic amines) is 1. The first-order chi connectivity index (χ1) is 8.73. The van der Waals surface area contributed by atoms with Crippen molar-refractivity contribution in [3.8, 4) is 0 Å². The summed E-state index contributed by atoms with van der Waals surface area (Å²) in [6.07, 6.45) is -0.727. The number of nitrogens with two attached hydrogens (primary N) is 1. The highest BCUT2D eigenvalue weighted by Crippen LogP contribution is 2.19. The molecule has 108 valence electrons. The Kier molecular flexibility index (Phi) is 4.84. The molecule has 1 aliphatic heterocycles. The van der Waals surface area contributed by atoms with Crippen LogP contribution in [0.1, 0.15) is 20.3 Å². The van der Waals surface area contributed by atoms with Gasteiger partial charge < -0.3 is 26.2 Å². The van der Waals surface area contributed by atoms with E-state index in [1.807, 2.05) is 0 Å². The second-order valence-corrected chi connectivity index (χ2v) is 4.75. The molecule has 0 bridgehead atoms. The molecule has 0 radical (unpaired) electrons. The zero-order valence-corrected chi connectivity index (χ0v) is 10.9. The van der Waals surface area contributed by atoms with Gasteiger partial charge in [-0.2, -0.15) is 0 Å². The summed E-state index contributed by atoms with van der Waals surface area (Å²) in [5.74, 6) is -2.21. The molecule has 0 spiro atoms. The van der Waals surface area contributed by atoms with Crippen LogP contribution < -0.4 is 11.1 Å². The van der Waals surface area contributed by atoms with Crippen molar-refractivity contribution in [2.45, 2.75) is 44.5 Å². The van der Waals surface area contributed by atoms with E-state index in [0.717, 1.165) is 0 Å². The van der Waals surface area contributed by atoms with Crippen LogP contribution in [0.4, 0.5) is 0 Å². The third kappa shape index (κ3) is 3.65. The van der Waals surface area contributed by atoms with Crippen LogP contribution in [-0.2, 0) is 14.4 Å². The summed E-state index contributed by atoms with van der Waals surface area (Å²) >= 11 is 0. The number of hydrogen-bond donors (Lipinski definition) is 4. The molecular weight excluding hydrogens is 254 g/mol. The topological polar surface area (TPSA) is 133 Å². The van der Waals surface area contributed by atoms with Crippen molar-refractivity contribution in [2.75, 3.05) is 6.54 Å². The Hall–Kier alpha value is -1.67. The number of nitrogens with one attached hydrogen (secondary N) is 1. The highest BCUT2D eigenvalue weighted by Gasteiger charge is 2.40. The summed E-state index contributed by atoms with van der Waals surface area (Å²) in [5.41, 5.74) is 5.47. The fourth-order valence-electron chi connectivity index (χ4n) is 1.94. The lowest BCUT2D eigenvalue weighted by atomic mass is 10.1. The summed E-state index contributed by atoms with van der Waals surface area (Å²) in [5, 5.41) is 20.6. The Morgan fingerprint density at radius 2 is 1.95 bits per heavy atom. The maximum absolute atomic E-state index is 11.9. The molecule has 0 aromatic heterocycles. The molecule has 1 aliphatic rings. The minimum absolute atomic E-state index is 0.0277. The van der Waals surface area contributed by atoms with E-state index in [4.69, 9.17) is 10.8 Å². The predicted molar refractivity (Wildman–Crippen MR) is 65.0 cm³/mol. The average molecular weight is 273 g/mol. The SMILES string of the molecule is C[C@H](N)C(=O)N1C[C@H](O)C[C@H]1C(=O)N[C@@H](C)C(=O)O. The van der Waals surface area contributed by atoms with Crippen molar-refractivity contribution in [1.82, 2.24) is 10.2 Å². The maximum atomic E-state index is 11.9. The molecule has 0 aliphatic carbocycles. The van der Waals surface area contributed by atoms with Gasteiger partial charge in [0, 0.05) is 13.0 Å². The molecule has 19 heavy (non-hydrogen) atoms. The number of β-amino-alcohol motifs (C(OH)–C–C–N with tert-alkyl or cyclic N) is 1. The number of nitrogens with zero attached hydrogens (tertiary/aromatic N) is 1. The van der Waals surface area contributed by atoms with E-state index in [2.05, 4.69) is 5.32 Å². The van der Waals surface area contributed by atoms with Crippen LogP contribution in [0.25, 0.3) is 0 Å². The second kappa shape index (κ2) is 5.98. The molecule has 0 unspecified atom stereocenters. The zero-order valence-electron chi connectivity index (χ0n) is 10.9. The first-order valence-electron chi connectivity index (χ1n) is 6.01. The Balaban J connectivity index is 2.76. The molecule has 0 aromatic rings. The van der Waals surface area contributed by atoms with Gasteiger partial charge >= 0.3 is 5.97 Å². The second-order valence-electron chi connectivity index (χ2n) is 4.75. The largest absolute Gasteiger partial charge is 0.480 e. The molecule has 1 heterocycles. The number of carbonyl (C=O) groups excluding carboxylic acids is 2. The van der Waals surface area contributed by atoms with E-state index in [9.17, 15) is 19.5 Å². The highest BCUT2D eigenvalue weighted by molar-refractivity contribution is 5.92. The molecule has 0 aromatic carbocycles. The zero-order chi connectivity index (χ0) is 14.7. The first-order valence-corrected chi connectivity index (χ1v) is 6.01. The third-order valence-corrected chi connectivity index (χ3v) is 2.98. The molecule has 4 atom stereocenters. The molecule has 8 nitrogen and oxygen atoms in total. The molecule has 1 fully saturated rings. The Morgan fingerprint density at radius 3 is 2.42 bits per heavy atom. The fourth-order valence-corrected chi connectivity index (χ4v) is 1.94. The lowest BCUT2D eigenvalue weighted by Crippen LogP contribution is -2.52. The Morgan fingerprint density at radius 1 is 1.37 bits per heavy atom. The number of carboxylic acids is 1. The number of carboxylic acid groups (broad SMARTS) is 1. The minimum Gasteiger partial charge on any atom is -0.480 e. The van der Waals surface area contributed by atoms with Crippen LogP contribution in [0, 0.1) is 0 Å². The van der Waals surface area contributed by atoms with Crippen LogP contribution in [0.15, 0.2) is 0 Å². The number of aliphatic hydroxyl groups excluding tert-OH is 1. The van der Waals surface area contributed by atoms with Gasteiger partial charge in [-0.1, -0.05) is 0 Å². The van der Waals surface area contributed by atoms with Crippen molar-refractivity contribution in [2.24, 2.45) is 5.73 Å². The van der Waals surface area contributed by atoms with Crippen LogP contribution >= 0.6 is 0 Å². The van der Waals surface area contributed by atoms with Gasteiger partial charge in [-0.05, 0) is 13.8 Å². The number of aliphatic carboxylic acids is 1. The standard InChI is InChI=1S/C11H19N3O5/c1-5(12)10(17)14-4-7(15)3-8(14)9(16)13-6(2)11(18)19/h5-8,15H,3-4,12H2,1-2H3,(H,13,16)(H,18,19)/t5-,6-,7+,8-/m0/s1. The molecule has 8 heteroatoms. The fraction of sp³-hybridized carbons (Fsp3) is 0.727. The number of rotatable bonds is 4. The summed E-state index contributed by atoms with van der Waals surface area (Å²) in [7, 11) is 0. The highest BCUT2D eigenvalue weighted by atomic mass is 16.4. The van der Waals surface area contributed by atoms with E-state index < -0.39 is 42.0 Å². The predicted octanol–water partition coefficient (Wildman–Crippen LogP) is -2.12. The van der Waals surface area contributed by atoms with Crippen LogP contribution in [0.5, 0.6) is 0 Å². The van der Waals surface area contributed by atoms with Crippen molar-refractivity contribution >= 4 is 17.8 Å². The smallest absolute Gasteiger partial charge is 0.325 e. The molecule has 2 amide bonds. The molecule has 1 rings (SSSR count). The van der Waals surface area contributed by atoms with Crippen LogP contribution in [0.3, 0.4) is 0 Å². The van der Waals surface area contributed by atoms with Crippen molar-refractivity contribution in [1.29, 1.82) is 0 Å². The summed E-state index contributed by atoms with van der Waals surface area (Å²) in [6, 6.07) is -2.72. The van der Waals surface area contributed by atoms with Crippen molar-refractivity contribution in [3.05, 3.63) is 0 Å². The lowest BCUT2D eigenvalue weighted by molar-refractivity contribution is -0.143. The summed E-state index contributed by atoms with van der Waals surface area (Å²) < 4.78 is 0. The average Bonchev–Trinajstić information content (AvgIpc) is 2.69. The van der Waals surface area contributed by atoms with Crippen molar-refractivity contribution in [3.63, 3.8) is 0 Å². The number of amides is 2. The van der Waals surface area contributed by atoms with Gasteiger partial charge in [0.05, 0.1) is 12.1 Å². The molecule has 0 saturated carbocycles. The molecule has 5 N–H and O–H groups in total. The van der Waals surface area contributed by atoms with Gasteiger partial charge in [0.15, 0.2) is 0 Å². The lowest BCUT2D eigenvalue weighted by Gasteiger charge is -2.25. The number of carbonyl (C=O) groups is 3. The maximum Gasteiger partial charge on any atom is 0.325 e. The van der Waals surface area contributed by atoms with E-state index in [-0.39, 0.29) is 13.0 Å². The van der Waals surface area contributed by atoms with Gasteiger partial charge in [-0.15, -0.1) is 0 Å². The third-order valence-electron chi connectivity index (χ3n) is 2.98.